The molecule has 0 fully saturated rings. The van der Waals surface area contributed by atoms with Crippen LogP contribution < -0.4 is 15.6 Å². The zero-order chi connectivity index (χ0) is 26.9. The molecule has 11 nitrogen and oxygen atoms in total. The first-order valence-corrected chi connectivity index (χ1v) is 10.7. The zero-order valence-electron chi connectivity index (χ0n) is 18.9. The van der Waals surface area contributed by atoms with Gasteiger partial charge in [0.25, 0.3) is 0 Å². The Labute approximate surface area is 200 Å². The van der Waals surface area contributed by atoms with Gasteiger partial charge in [-0.25, -0.2) is 13.8 Å². The summed E-state index contributed by atoms with van der Waals surface area (Å²) in [5, 5.41) is 22.9. The van der Waals surface area contributed by atoms with E-state index in [2.05, 4.69) is 15.3 Å². The van der Waals surface area contributed by atoms with Crippen molar-refractivity contribution in [3.63, 3.8) is 0 Å². The molecule has 0 aliphatic carbocycles. The highest BCUT2D eigenvalue weighted by atomic mass is 19.4. The van der Waals surface area contributed by atoms with E-state index in [1.807, 2.05) is 0 Å². The molecule has 0 saturated heterocycles. The first-order chi connectivity index (χ1) is 16.8. The van der Waals surface area contributed by atoms with Crippen molar-refractivity contribution in [3.8, 4) is 0 Å². The van der Waals surface area contributed by atoms with Crippen LogP contribution in [0, 0.1) is 0 Å². The minimum absolute atomic E-state index is 0.0303. The summed E-state index contributed by atoms with van der Waals surface area (Å²) in [5.74, 6) is -3.55. The predicted octanol–water partition coefficient (Wildman–Crippen LogP) is 2.33. The largest absolute Gasteiger partial charge is 0.471 e. The lowest BCUT2D eigenvalue weighted by Crippen LogP contribution is -2.39. The minimum atomic E-state index is -5.00. The summed E-state index contributed by atoms with van der Waals surface area (Å²) in [6, 6.07) is 0. The van der Waals surface area contributed by atoms with Crippen LogP contribution in [0.25, 0.3) is 0 Å². The van der Waals surface area contributed by atoms with E-state index in [0.717, 1.165) is 0 Å². The van der Waals surface area contributed by atoms with E-state index in [0.29, 0.717) is 0 Å². The molecule has 0 saturated carbocycles. The number of anilines is 1. The number of Topliss-reactive ketones (excluding diaryl/α,β-unsaturated/α-hetero) is 1. The fraction of sp³-hybridized carbons (Fsp3) is 0.579. The van der Waals surface area contributed by atoms with Crippen molar-refractivity contribution in [3.05, 3.63) is 18.6 Å². The number of carbonyl (C=O) groups is 2. The van der Waals surface area contributed by atoms with Gasteiger partial charge in [0.05, 0.1) is 44.8 Å². The number of aryl methyl sites for hydroxylation is 2. The van der Waals surface area contributed by atoms with E-state index in [-0.39, 0.29) is 69.5 Å². The molecule has 0 aliphatic heterocycles. The van der Waals surface area contributed by atoms with E-state index in [1.165, 1.54) is 15.4 Å². The van der Waals surface area contributed by atoms with Crippen molar-refractivity contribution >= 4 is 29.1 Å². The quantitative estimate of drug-likeness (QED) is 0.159. The lowest BCUT2D eigenvalue weighted by Gasteiger charge is -2.07. The highest BCUT2D eigenvalue weighted by Gasteiger charge is 2.38. The molecule has 0 unspecified atom stereocenters. The van der Waals surface area contributed by atoms with Crippen LogP contribution in [0.2, 0.25) is 0 Å². The van der Waals surface area contributed by atoms with Gasteiger partial charge < -0.3 is 16.2 Å². The van der Waals surface area contributed by atoms with Gasteiger partial charge >= 0.3 is 24.2 Å². The number of azo groups is 1. The molecule has 0 atom stereocenters. The number of aliphatic hydroxyl groups excluding tert-OH is 1. The monoisotopic (exact) mass is 527 g/mol. The third-order valence-electron chi connectivity index (χ3n) is 4.85. The molecule has 0 radical (unpaired) electrons. The Morgan fingerprint density at radius 1 is 1.08 bits per heavy atom. The molecule has 2 aromatic heterocycles. The predicted molar refractivity (Wildman–Crippen MR) is 111 cm³/mol. The summed E-state index contributed by atoms with van der Waals surface area (Å²) in [7, 11) is 0. The maximum absolute atomic E-state index is 12.4. The number of aromatic nitrogens is 4. The van der Waals surface area contributed by atoms with Crippen molar-refractivity contribution < 1.29 is 45.6 Å². The summed E-state index contributed by atoms with van der Waals surface area (Å²) in [6.07, 6.45) is -5.87. The highest BCUT2D eigenvalue weighted by molar-refractivity contribution is 5.83. The second kappa shape index (κ2) is 12.5. The van der Waals surface area contributed by atoms with Gasteiger partial charge in [-0.05, 0) is 19.3 Å². The van der Waals surface area contributed by atoms with Gasteiger partial charge in [0.2, 0.25) is 5.78 Å². The number of hydrogen-bond donors (Lipinski definition) is 3. The number of unbranched alkanes of at least 4 members (excludes halogenated alkanes) is 1. The van der Waals surface area contributed by atoms with E-state index in [1.54, 1.807) is 22.3 Å². The summed E-state index contributed by atoms with van der Waals surface area (Å²) in [4.78, 5) is 22.0. The normalized spacial score (nSPS) is 12.4. The number of ketones is 1. The summed E-state index contributed by atoms with van der Waals surface area (Å²) >= 11 is 0. The van der Waals surface area contributed by atoms with E-state index < -0.39 is 30.5 Å². The fourth-order valence-corrected chi connectivity index (χ4v) is 3.02. The molecule has 2 heterocycles. The number of rotatable bonds is 13. The lowest BCUT2D eigenvalue weighted by atomic mass is 10.2. The maximum atomic E-state index is 12.4. The number of nitrogens with one attached hydrogen (secondary N) is 1. The number of alkyl halides is 6. The van der Waals surface area contributed by atoms with E-state index in [9.17, 15) is 35.9 Å². The van der Waals surface area contributed by atoms with Gasteiger partial charge in [0.1, 0.15) is 0 Å². The zero-order valence-corrected chi connectivity index (χ0v) is 18.9. The molecule has 200 valence electrons. The minimum Gasteiger partial charge on any atom is -0.394 e. The molecular weight excluding hydrogens is 502 g/mol. The second-order valence-corrected chi connectivity index (χ2v) is 7.53. The number of halogens is 6. The van der Waals surface area contributed by atoms with Gasteiger partial charge in [-0.15, -0.1) is 0 Å². The lowest BCUT2D eigenvalue weighted by molar-refractivity contribution is -0.683. The smallest absolute Gasteiger partial charge is 0.394 e. The summed E-state index contributed by atoms with van der Waals surface area (Å²) in [6.45, 7) is -0.0551. The third kappa shape index (κ3) is 8.31. The average Bonchev–Trinajstić information content (AvgIpc) is 3.34. The number of nitrogens with zero attached hydrogens (tertiary/aromatic N) is 6. The number of aliphatic hydroxyl groups is 1. The van der Waals surface area contributed by atoms with Gasteiger partial charge in [-0.3, -0.25) is 9.59 Å². The van der Waals surface area contributed by atoms with Crippen molar-refractivity contribution in [1.82, 2.24) is 19.7 Å². The standard InChI is InChI=1S/C19H24F6N8O3/c20-18(21,22)14(35)4-1-2-6-31-8-9-32(7-3-5-27-16(36)19(23,24)25)17(31)30-29-13-12-28-33(10-11-34)15(13)26/h8-9,12,26,34H,1-7,10-11H2,(H,27,36)/p+1. The highest BCUT2D eigenvalue weighted by Crippen LogP contribution is 2.24. The Morgan fingerprint density at radius 2 is 1.81 bits per heavy atom. The van der Waals surface area contributed by atoms with Gasteiger partial charge in [-0.1, -0.05) is 5.11 Å². The van der Waals surface area contributed by atoms with Gasteiger partial charge in [0, 0.05) is 18.1 Å². The summed E-state index contributed by atoms with van der Waals surface area (Å²) in [5.41, 5.74) is 6.07. The van der Waals surface area contributed by atoms with Crippen LogP contribution >= 0.6 is 0 Å². The Balaban J connectivity index is 2.11. The third-order valence-corrected chi connectivity index (χ3v) is 4.85. The fourth-order valence-electron chi connectivity index (χ4n) is 3.02. The molecule has 17 heteroatoms. The Hall–Kier alpha value is -3.50. The van der Waals surface area contributed by atoms with Crippen LogP contribution in [0.5, 0.6) is 0 Å². The van der Waals surface area contributed by atoms with Crippen LogP contribution in [0.1, 0.15) is 25.7 Å². The second-order valence-electron chi connectivity index (χ2n) is 7.53. The topological polar surface area (TPSA) is 144 Å². The van der Waals surface area contributed by atoms with E-state index in [4.69, 9.17) is 10.8 Å². The molecule has 2 aromatic rings. The van der Waals surface area contributed by atoms with Crippen LogP contribution in [-0.4, -0.2) is 56.6 Å². The first-order valence-electron chi connectivity index (χ1n) is 10.7. The van der Waals surface area contributed by atoms with E-state index >= 15 is 0 Å². The van der Waals surface area contributed by atoms with Crippen LogP contribution in [0.4, 0.5) is 43.8 Å². The number of imidazole rings is 1. The number of nitrogen functional groups attached to an aromatic ring is 1. The Bertz CT molecular complexity index is 1010. The molecule has 0 bridgehead atoms. The average molecular weight is 527 g/mol. The molecular formula is C19H25F6N8O3+. The Kier molecular flexibility index (Phi) is 9.94. The molecule has 36 heavy (non-hydrogen) atoms. The van der Waals surface area contributed by atoms with Crippen LogP contribution in [0.3, 0.4) is 0 Å². The molecule has 4 N–H and O–H groups in total. The molecule has 1 amide bonds. The SMILES string of the molecule is Nc1c(N=Nc2n(CCCCC(=O)C(F)(F)F)cc[n+]2CCCNC(=O)C(F)(F)F)cnn1CCO. The molecule has 0 spiro atoms. The van der Waals surface area contributed by atoms with Crippen LogP contribution in [-0.2, 0) is 29.2 Å². The van der Waals surface area contributed by atoms with Crippen LogP contribution in [0.15, 0.2) is 28.8 Å². The molecule has 2 rings (SSSR count). The van der Waals surface area contributed by atoms with Gasteiger partial charge in [-0.2, -0.15) is 31.4 Å². The van der Waals surface area contributed by atoms with Crippen molar-refractivity contribution in [2.75, 3.05) is 18.9 Å². The summed E-state index contributed by atoms with van der Waals surface area (Å²) < 4.78 is 78.4. The molecule has 0 aliphatic rings. The number of hydrogen-bond acceptors (Lipinski definition) is 7. The maximum Gasteiger partial charge on any atom is 0.471 e. The number of amides is 1. The Morgan fingerprint density at radius 3 is 2.44 bits per heavy atom. The van der Waals surface area contributed by atoms with Crippen molar-refractivity contribution in [2.45, 2.75) is 57.7 Å². The van der Waals surface area contributed by atoms with Crippen molar-refractivity contribution in [2.24, 2.45) is 10.2 Å². The van der Waals surface area contributed by atoms with Gasteiger partial charge in [0.15, 0.2) is 11.5 Å². The number of carbonyl (C=O) groups excluding carboxylic acids is 2. The number of nitrogens with two attached hydrogens (primary N) is 1. The van der Waals surface area contributed by atoms with Crippen molar-refractivity contribution in [1.29, 1.82) is 0 Å². The molecule has 0 aromatic carbocycles. The first kappa shape index (κ1) is 28.7.